The van der Waals surface area contributed by atoms with Crippen LogP contribution in [-0.2, 0) is 6.42 Å². The van der Waals surface area contributed by atoms with E-state index in [2.05, 4.69) is 15.0 Å². The standard InChI is InChI=1S/C23H22ClF3N6O/c1-2-18-20(15-4-6-19(28)29-12-15)21(31-13-30-18)14-3-5-16(17(24)11-14)22(34)32-7-9-33(10-8-32)23(25,26)27/h3-6,11-13H,2,7-10H2,1H3,(H2,28,29). The first kappa shape index (κ1) is 23.9. The van der Waals surface area contributed by atoms with Crippen LogP contribution in [-0.4, -0.2) is 63.1 Å². The van der Waals surface area contributed by atoms with Crippen LogP contribution >= 0.6 is 11.6 Å². The van der Waals surface area contributed by atoms with Crippen molar-refractivity contribution in [1.82, 2.24) is 24.8 Å². The van der Waals surface area contributed by atoms with Crippen LogP contribution in [0.15, 0.2) is 42.9 Å². The van der Waals surface area contributed by atoms with Crippen molar-refractivity contribution in [3.05, 3.63) is 59.1 Å². The molecule has 0 saturated carbocycles. The summed E-state index contributed by atoms with van der Waals surface area (Å²) in [7, 11) is 0. The summed E-state index contributed by atoms with van der Waals surface area (Å²) in [6, 6.07) is 8.47. The summed E-state index contributed by atoms with van der Waals surface area (Å²) >= 11 is 6.48. The van der Waals surface area contributed by atoms with Crippen molar-refractivity contribution in [2.24, 2.45) is 0 Å². The minimum absolute atomic E-state index is 0.0313. The van der Waals surface area contributed by atoms with E-state index in [4.69, 9.17) is 17.3 Å². The Hall–Kier alpha value is -3.24. The predicted molar refractivity (Wildman–Crippen MR) is 123 cm³/mol. The van der Waals surface area contributed by atoms with Gasteiger partial charge in [0.2, 0.25) is 0 Å². The van der Waals surface area contributed by atoms with E-state index in [1.54, 1.807) is 30.5 Å². The first-order chi connectivity index (χ1) is 16.2. The van der Waals surface area contributed by atoms with Gasteiger partial charge in [-0.3, -0.25) is 4.79 Å². The van der Waals surface area contributed by atoms with E-state index in [1.165, 1.54) is 11.2 Å². The largest absolute Gasteiger partial charge is 0.460 e. The van der Waals surface area contributed by atoms with Gasteiger partial charge in [0, 0.05) is 49.1 Å². The maximum atomic E-state index is 12.9. The third-order valence-electron chi connectivity index (χ3n) is 5.73. The molecule has 3 heterocycles. The summed E-state index contributed by atoms with van der Waals surface area (Å²) in [5.41, 5.74) is 9.65. The normalized spacial score (nSPS) is 14.9. The molecule has 34 heavy (non-hydrogen) atoms. The molecule has 11 heteroatoms. The Morgan fingerprint density at radius 2 is 1.76 bits per heavy atom. The Bertz CT molecular complexity index is 1190. The number of amides is 1. The molecule has 0 aliphatic carbocycles. The number of halogens is 4. The first-order valence-corrected chi connectivity index (χ1v) is 11.0. The lowest BCUT2D eigenvalue weighted by Gasteiger charge is -2.35. The number of benzene rings is 1. The molecule has 0 radical (unpaired) electrons. The van der Waals surface area contributed by atoms with Crippen molar-refractivity contribution in [3.8, 4) is 22.4 Å². The maximum absolute atomic E-state index is 12.9. The number of anilines is 1. The third kappa shape index (κ3) is 4.83. The van der Waals surface area contributed by atoms with Crippen molar-refractivity contribution < 1.29 is 18.0 Å². The van der Waals surface area contributed by atoms with Crippen LogP contribution < -0.4 is 5.73 Å². The van der Waals surface area contributed by atoms with E-state index in [-0.39, 0.29) is 36.8 Å². The lowest BCUT2D eigenvalue weighted by Crippen LogP contribution is -2.53. The molecule has 1 aromatic carbocycles. The number of carbonyl (C=O) groups excluding carboxylic acids is 1. The first-order valence-electron chi connectivity index (χ1n) is 10.7. The molecular weight excluding hydrogens is 469 g/mol. The fraction of sp³-hybridized carbons (Fsp3) is 0.304. The SMILES string of the molecule is CCc1ncnc(-c2ccc(C(=O)N3CCN(C(F)(F)F)CC3)c(Cl)c2)c1-c1ccc(N)nc1. The topological polar surface area (TPSA) is 88.2 Å². The summed E-state index contributed by atoms with van der Waals surface area (Å²) in [6.07, 6.45) is -0.628. The molecule has 7 nitrogen and oxygen atoms in total. The van der Waals surface area contributed by atoms with Crippen molar-refractivity contribution in [1.29, 1.82) is 0 Å². The van der Waals surface area contributed by atoms with Gasteiger partial charge in [-0.25, -0.2) is 19.9 Å². The number of carbonyl (C=O) groups is 1. The maximum Gasteiger partial charge on any atom is 0.460 e. The quantitative estimate of drug-likeness (QED) is 0.549. The molecule has 1 aliphatic heterocycles. The zero-order valence-electron chi connectivity index (χ0n) is 18.3. The van der Waals surface area contributed by atoms with Gasteiger partial charge in [0.05, 0.1) is 22.0 Å². The molecule has 1 fully saturated rings. The summed E-state index contributed by atoms with van der Waals surface area (Å²) in [4.78, 5) is 27.7. The Morgan fingerprint density at radius 1 is 1.06 bits per heavy atom. The van der Waals surface area contributed by atoms with Crippen molar-refractivity contribution in [3.63, 3.8) is 0 Å². The van der Waals surface area contributed by atoms with Crippen LogP contribution in [0.25, 0.3) is 22.4 Å². The molecule has 1 amide bonds. The summed E-state index contributed by atoms with van der Waals surface area (Å²) in [5.74, 6) is -0.0135. The number of pyridine rings is 1. The molecule has 2 aromatic heterocycles. The van der Waals surface area contributed by atoms with Crippen LogP contribution in [0.2, 0.25) is 5.02 Å². The van der Waals surface area contributed by atoms with Crippen LogP contribution in [0.1, 0.15) is 23.0 Å². The van der Waals surface area contributed by atoms with Gasteiger partial charge in [-0.1, -0.05) is 24.6 Å². The highest BCUT2D eigenvalue weighted by molar-refractivity contribution is 6.34. The van der Waals surface area contributed by atoms with Gasteiger partial charge in [-0.15, -0.1) is 0 Å². The Morgan fingerprint density at radius 3 is 2.35 bits per heavy atom. The molecule has 3 aromatic rings. The lowest BCUT2D eigenvalue weighted by molar-refractivity contribution is -0.251. The summed E-state index contributed by atoms with van der Waals surface area (Å²) in [5, 5.41) is 0.193. The van der Waals surface area contributed by atoms with Gasteiger partial charge in [-0.2, -0.15) is 13.2 Å². The molecule has 178 valence electrons. The molecule has 0 atom stereocenters. The van der Waals surface area contributed by atoms with Crippen molar-refractivity contribution in [2.75, 3.05) is 31.9 Å². The molecule has 1 saturated heterocycles. The third-order valence-corrected chi connectivity index (χ3v) is 6.05. The zero-order chi connectivity index (χ0) is 24.5. The molecule has 0 spiro atoms. The fourth-order valence-corrected chi connectivity index (χ4v) is 4.20. The minimum atomic E-state index is -4.40. The van der Waals surface area contributed by atoms with E-state index in [0.717, 1.165) is 16.8 Å². The van der Waals surface area contributed by atoms with Gasteiger partial charge >= 0.3 is 6.30 Å². The van der Waals surface area contributed by atoms with Gasteiger partial charge in [0.25, 0.3) is 5.91 Å². The highest BCUT2D eigenvalue weighted by Gasteiger charge is 2.39. The number of piperazine rings is 1. The fourth-order valence-electron chi connectivity index (χ4n) is 3.93. The number of nitrogens with zero attached hydrogens (tertiary/aromatic N) is 5. The van der Waals surface area contributed by atoms with Crippen LogP contribution in [0.5, 0.6) is 0 Å². The Kier molecular flexibility index (Phi) is 6.72. The number of hydrogen-bond donors (Lipinski definition) is 1. The molecule has 4 rings (SSSR count). The average molecular weight is 491 g/mol. The number of nitrogens with two attached hydrogens (primary N) is 1. The van der Waals surface area contributed by atoms with E-state index in [9.17, 15) is 18.0 Å². The predicted octanol–water partition coefficient (Wildman–Crippen LogP) is 4.28. The second-order valence-electron chi connectivity index (χ2n) is 7.81. The van der Waals surface area contributed by atoms with E-state index < -0.39 is 12.2 Å². The number of rotatable bonds is 4. The van der Waals surface area contributed by atoms with Gasteiger partial charge < -0.3 is 10.6 Å². The number of aryl methyl sites for hydroxylation is 1. The van der Waals surface area contributed by atoms with Crippen LogP contribution in [0.3, 0.4) is 0 Å². The summed E-state index contributed by atoms with van der Waals surface area (Å²) < 4.78 is 38.6. The molecular formula is C23H22ClF3N6O. The van der Waals surface area contributed by atoms with E-state index >= 15 is 0 Å². The van der Waals surface area contributed by atoms with Gasteiger partial charge in [0.15, 0.2) is 0 Å². The Balaban J connectivity index is 1.63. The molecule has 1 aliphatic rings. The van der Waals surface area contributed by atoms with Crippen molar-refractivity contribution >= 4 is 23.3 Å². The van der Waals surface area contributed by atoms with Crippen LogP contribution in [0, 0.1) is 0 Å². The minimum Gasteiger partial charge on any atom is -0.384 e. The van der Waals surface area contributed by atoms with Crippen LogP contribution in [0.4, 0.5) is 19.0 Å². The monoisotopic (exact) mass is 490 g/mol. The lowest BCUT2D eigenvalue weighted by atomic mass is 9.97. The molecule has 2 N–H and O–H groups in total. The van der Waals surface area contributed by atoms with E-state index in [1.807, 2.05) is 13.0 Å². The average Bonchev–Trinajstić information content (AvgIpc) is 2.83. The number of aromatic nitrogens is 3. The molecule has 0 bridgehead atoms. The zero-order valence-corrected chi connectivity index (χ0v) is 19.1. The number of nitrogen functional groups attached to an aromatic ring is 1. The highest BCUT2D eigenvalue weighted by Crippen LogP contribution is 2.35. The second-order valence-corrected chi connectivity index (χ2v) is 8.22. The van der Waals surface area contributed by atoms with Gasteiger partial charge in [0.1, 0.15) is 12.1 Å². The number of alkyl halides is 3. The van der Waals surface area contributed by atoms with E-state index in [0.29, 0.717) is 28.4 Å². The van der Waals surface area contributed by atoms with Crippen molar-refractivity contribution in [2.45, 2.75) is 19.6 Å². The summed E-state index contributed by atoms with van der Waals surface area (Å²) in [6.45, 7) is 1.37. The smallest absolute Gasteiger partial charge is 0.384 e. The van der Waals surface area contributed by atoms with Gasteiger partial charge in [-0.05, 0) is 30.7 Å². The number of hydrogen-bond acceptors (Lipinski definition) is 6. The second kappa shape index (κ2) is 9.55. The molecule has 0 unspecified atom stereocenters. The Labute approximate surface area is 199 Å². The highest BCUT2D eigenvalue weighted by atomic mass is 35.5.